The van der Waals surface area contributed by atoms with E-state index in [-0.39, 0.29) is 5.91 Å². The minimum absolute atomic E-state index is 0.160. The molecule has 3 nitrogen and oxygen atoms in total. The summed E-state index contributed by atoms with van der Waals surface area (Å²) in [6.45, 7) is 10.7. The molecule has 2 aromatic carbocycles. The third kappa shape index (κ3) is 3.85. The molecule has 0 aromatic heterocycles. The molecule has 1 amide bonds. The molecule has 0 aliphatic carbocycles. The lowest BCUT2D eigenvalue weighted by Crippen LogP contribution is -2.48. The van der Waals surface area contributed by atoms with E-state index < -0.39 is 0 Å². The van der Waals surface area contributed by atoms with E-state index in [9.17, 15) is 4.79 Å². The Bertz CT molecular complexity index is 713. The van der Waals surface area contributed by atoms with E-state index in [0.717, 1.165) is 38.3 Å². The third-order valence-electron chi connectivity index (χ3n) is 4.94. The molecule has 0 atom stereocenters. The van der Waals surface area contributed by atoms with E-state index >= 15 is 0 Å². The first kappa shape index (κ1) is 16.7. The van der Waals surface area contributed by atoms with E-state index in [1.54, 1.807) is 0 Å². The second-order valence-electron chi connectivity index (χ2n) is 6.85. The number of piperazine rings is 1. The van der Waals surface area contributed by atoms with Crippen molar-refractivity contribution in [2.45, 2.75) is 27.3 Å². The van der Waals surface area contributed by atoms with Gasteiger partial charge in [0, 0.05) is 38.3 Å². The smallest absolute Gasteiger partial charge is 0.253 e. The van der Waals surface area contributed by atoms with E-state index in [1.807, 2.05) is 23.1 Å². The zero-order valence-corrected chi connectivity index (χ0v) is 14.9. The zero-order valence-electron chi connectivity index (χ0n) is 14.9. The van der Waals surface area contributed by atoms with Crippen molar-refractivity contribution < 1.29 is 4.79 Å². The highest BCUT2D eigenvalue weighted by molar-refractivity contribution is 5.94. The van der Waals surface area contributed by atoms with Crippen molar-refractivity contribution in [1.82, 2.24) is 9.80 Å². The van der Waals surface area contributed by atoms with Gasteiger partial charge < -0.3 is 4.90 Å². The van der Waals surface area contributed by atoms with Gasteiger partial charge in [-0.1, -0.05) is 35.9 Å². The first-order chi connectivity index (χ1) is 11.5. The molecule has 1 heterocycles. The maximum absolute atomic E-state index is 12.7. The largest absolute Gasteiger partial charge is 0.336 e. The van der Waals surface area contributed by atoms with Crippen LogP contribution in [-0.2, 0) is 6.54 Å². The molecule has 0 bridgehead atoms. The lowest BCUT2D eigenvalue weighted by atomic mass is 10.1. The first-order valence-corrected chi connectivity index (χ1v) is 8.67. The number of carbonyl (C=O) groups excluding carboxylic acids is 1. The summed E-state index contributed by atoms with van der Waals surface area (Å²) in [7, 11) is 0. The Labute approximate surface area is 144 Å². The quantitative estimate of drug-likeness (QED) is 0.862. The number of nitrogens with zero attached hydrogens (tertiary/aromatic N) is 2. The average Bonchev–Trinajstić information content (AvgIpc) is 2.59. The predicted molar refractivity (Wildman–Crippen MR) is 98.3 cm³/mol. The second kappa shape index (κ2) is 7.18. The maximum Gasteiger partial charge on any atom is 0.253 e. The number of benzene rings is 2. The molecule has 1 fully saturated rings. The van der Waals surface area contributed by atoms with Crippen molar-refractivity contribution in [3.05, 3.63) is 70.3 Å². The van der Waals surface area contributed by atoms with Crippen molar-refractivity contribution in [2.24, 2.45) is 0 Å². The molecular weight excluding hydrogens is 296 g/mol. The van der Waals surface area contributed by atoms with Crippen LogP contribution < -0.4 is 0 Å². The molecule has 2 aromatic rings. The number of amides is 1. The zero-order chi connectivity index (χ0) is 17.1. The summed E-state index contributed by atoms with van der Waals surface area (Å²) < 4.78 is 0. The molecule has 1 saturated heterocycles. The third-order valence-corrected chi connectivity index (χ3v) is 4.94. The van der Waals surface area contributed by atoms with Gasteiger partial charge in [0.15, 0.2) is 0 Å². The van der Waals surface area contributed by atoms with Gasteiger partial charge in [-0.25, -0.2) is 0 Å². The molecule has 1 aliphatic rings. The van der Waals surface area contributed by atoms with Gasteiger partial charge in [-0.2, -0.15) is 0 Å². The SMILES string of the molecule is Cc1ccc(CN2CCN(C(=O)c3ccc(C)c(C)c3)CC2)cc1. The van der Waals surface area contributed by atoms with E-state index in [0.29, 0.717) is 0 Å². The lowest BCUT2D eigenvalue weighted by Gasteiger charge is -2.35. The van der Waals surface area contributed by atoms with Crippen LogP contribution in [-0.4, -0.2) is 41.9 Å². The monoisotopic (exact) mass is 322 g/mol. The fourth-order valence-electron chi connectivity index (χ4n) is 3.12. The van der Waals surface area contributed by atoms with Gasteiger partial charge in [-0.15, -0.1) is 0 Å². The minimum Gasteiger partial charge on any atom is -0.336 e. The number of rotatable bonds is 3. The van der Waals surface area contributed by atoms with Crippen LogP contribution in [0.2, 0.25) is 0 Å². The summed E-state index contributed by atoms with van der Waals surface area (Å²) in [4.78, 5) is 17.1. The summed E-state index contributed by atoms with van der Waals surface area (Å²) in [5, 5.41) is 0. The molecule has 0 radical (unpaired) electrons. The fraction of sp³-hybridized carbons (Fsp3) is 0.381. The topological polar surface area (TPSA) is 23.6 Å². The van der Waals surface area contributed by atoms with Crippen LogP contribution in [0.25, 0.3) is 0 Å². The van der Waals surface area contributed by atoms with Crippen LogP contribution in [0.3, 0.4) is 0 Å². The number of hydrogen-bond acceptors (Lipinski definition) is 2. The Morgan fingerprint density at radius 3 is 2.17 bits per heavy atom. The van der Waals surface area contributed by atoms with Crippen LogP contribution in [0.1, 0.15) is 32.6 Å². The Kier molecular flexibility index (Phi) is 5.00. The normalized spacial score (nSPS) is 15.5. The molecule has 0 spiro atoms. The average molecular weight is 322 g/mol. The van der Waals surface area contributed by atoms with E-state index in [4.69, 9.17) is 0 Å². The first-order valence-electron chi connectivity index (χ1n) is 8.67. The van der Waals surface area contributed by atoms with Crippen LogP contribution in [0.15, 0.2) is 42.5 Å². The molecule has 0 unspecified atom stereocenters. The molecular formula is C21H26N2O. The van der Waals surface area contributed by atoms with E-state index in [1.165, 1.54) is 22.3 Å². The standard InChI is InChI=1S/C21H26N2O/c1-16-4-7-19(8-5-16)15-22-10-12-23(13-11-22)21(24)20-9-6-17(2)18(3)14-20/h4-9,14H,10-13,15H2,1-3H3. The maximum atomic E-state index is 12.7. The highest BCUT2D eigenvalue weighted by Gasteiger charge is 2.22. The van der Waals surface area contributed by atoms with Crippen LogP contribution in [0, 0.1) is 20.8 Å². The summed E-state index contributed by atoms with van der Waals surface area (Å²) >= 11 is 0. The second-order valence-corrected chi connectivity index (χ2v) is 6.85. The van der Waals surface area contributed by atoms with Crippen molar-refractivity contribution in [1.29, 1.82) is 0 Å². The van der Waals surface area contributed by atoms with Crippen molar-refractivity contribution >= 4 is 5.91 Å². The van der Waals surface area contributed by atoms with Gasteiger partial charge in [-0.05, 0) is 49.6 Å². The minimum atomic E-state index is 0.160. The van der Waals surface area contributed by atoms with Gasteiger partial charge in [0.25, 0.3) is 5.91 Å². The summed E-state index contributed by atoms with van der Waals surface area (Å²) in [6.07, 6.45) is 0. The van der Waals surface area contributed by atoms with E-state index in [2.05, 4.69) is 49.9 Å². The molecule has 0 saturated carbocycles. The highest BCUT2D eigenvalue weighted by Crippen LogP contribution is 2.15. The fourth-order valence-corrected chi connectivity index (χ4v) is 3.12. The molecule has 1 aliphatic heterocycles. The molecule has 3 heteroatoms. The lowest BCUT2D eigenvalue weighted by molar-refractivity contribution is 0.0628. The number of aryl methyl sites for hydroxylation is 3. The summed E-state index contributed by atoms with van der Waals surface area (Å²) in [5.41, 5.74) is 5.86. The van der Waals surface area contributed by atoms with Gasteiger partial charge >= 0.3 is 0 Å². The summed E-state index contributed by atoms with van der Waals surface area (Å²) in [6, 6.07) is 14.7. The van der Waals surface area contributed by atoms with Gasteiger partial charge in [0.2, 0.25) is 0 Å². The van der Waals surface area contributed by atoms with Crippen molar-refractivity contribution in [3.63, 3.8) is 0 Å². The predicted octanol–water partition coefficient (Wildman–Crippen LogP) is 3.57. The van der Waals surface area contributed by atoms with Gasteiger partial charge in [-0.3, -0.25) is 9.69 Å². The van der Waals surface area contributed by atoms with Gasteiger partial charge in [0.05, 0.1) is 0 Å². The van der Waals surface area contributed by atoms with Crippen LogP contribution in [0.5, 0.6) is 0 Å². The Hall–Kier alpha value is -2.13. The molecule has 3 rings (SSSR count). The Morgan fingerprint density at radius 1 is 0.875 bits per heavy atom. The van der Waals surface area contributed by atoms with Crippen LogP contribution >= 0.6 is 0 Å². The molecule has 126 valence electrons. The molecule has 0 N–H and O–H groups in total. The van der Waals surface area contributed by atoms with Gasteiger partial charge in [0.1, 0.15) is 0 Å². The Morgan fingerprint density at radius 2 is 1.54 bits per heavy atom. The number of hydrogen-bond donors (Lipinski definition) is 0. The van der Waals surface area contributed by atoms with Crippen LogP contribution in [0.4, 0.5) is 0 Å². The highest BCUT2D eigenvalue weighted by atomic mass is 16.2. The Balaban J connectivity index is 1.57. The molecule has 24 heavy (non-hydrogen) atoms. The van der Waals surface area contributed by atoms with Crippen molar-refractivity contribution in [2.75, 3.05) is 26.2 Å². The van der Waals surface area contributed by atoms with Crippen molar-refractivity contribution in [3.8, 4) is 0 Å². The summed E-state index contributed by atoms with van der Waals surface area (Å²) in [5.74, 6) is 0.160. The number of carbonyl (C=O) groups is 1.